The summed E-state index contributed by atoms with van der Waals surface area (Å²) < 4.78 is 8.10. The van der Waals surface area contributed by atoms with Gasteiger partial charge >= 0.3 is 5.97 Å². The van der Waals surface area contributed by atoms with Crippen LogP contribution in [0.25, 0.3) is 11.0 Å². The van der Waals surface area contributed by atoms with E-state index in [0.717, 1.165) is 54.8 Å². The molecule has 5 fully saturated rings. The van der Waals surface area contributed by atoms with Crippen LogP contribution in [0.15, 0.2) is 29.1 Å². The van der Waals surface area contributed by atoms with Crippen LogP contribution < -0.4 is 10.5 Å². The average Bonchev–Trinajstić information content (AvgIpc) is 2.86. The monoisotopic (exact) mass is 520 g/mol. The largest absolute Gasteiger partial charge is 0.481 e. The fraction of sp³-hybridized carbons (Fsp3) is 0.700. The molecule has 4 bridgehead atoms. The molecule has 2 aliphatic carbocycles. The molecule has 7 rings (SSSR count). The number of carboxylic acids is 1. The summed E-state index contributed by atoms with van der Waals surface area (Å²) in [7, 11) is 0. The Morgan fingerprint density at radius 3 is 2.29 bits per heavy atom. The van der Waals surface area contributed by atoms with Crippen molar-refractivity contribution < 1.29 is 14.6 Å². The molecule has 1 aromatic heterocycles. The van der Waals surface area contributed by atoms with Crippen LogP contribution in [0.5, 0.6) is 0 Å². The van der Waals surface area contributed by atoms with Crippen molar-refractivity contribution in [3.8, 4) is 0 Å². The number of nitrogens with zero attached hydrogens (tertiary/aromatic N) is 4. The van der Waals surface area contributed by atoms with Crippen molar-refractivity contribution in [2.75, 3.05) is 31.2 Å². The molecule has 0 amide bonds. The highest BCUT2D eigenvalue weighted by Crippen LogP contribution is 2.47. The van der Waals surface area contributed by atoms with Gasteiger partial charge in [0.25, 0.3) is 5.56 Å². The minimum atomic E-state index is -0.806. The lowest BCUT2D eigenvalue weighted by molar-refractivity contribution is -0.142. The zero-order valence-corrected chi connectivity index (χ0v) is 22.4. The lowest BCUT2D eigenvalue weighted by Gasteiger charge is -2.55. The van der Waals surface area contributed by atoms with E-state index in [2.05, 4.69) is 11.8 Å². The lowest BCUT2D eigenvalue weighted by Crippen LogP contribution is -2.62. The Morgan fingerprint density at radius 2 is 1.63 bits per heavy atom. The number of hydrogen-bond acceptors (Lipinski definition) is 6. The first kappa shape index (κ1) is 24.6. The quantitative estimate of drug-likeness (QED) is 0.639. The number of benzene rings is 1. The van der Waals surface area contributed by atoms with Gasteiger partial charge in [0.05, 0.1) is 30.2 Å². The summed E-state index contributed by atoms with van der Waals surface area (Å²) in [6.45, 7) is 4.53. The molecule has 5 aliphatic rings. The van der Waals surface area contributed by atoms with Gasteiger partial charge in [0.2, 0.25) is 0 Å². The van der Waals surface area contributed by atoms with Crippen LogP contribution >= 0.6 is 0 Å². The van der Waals surface area contributed by atoms with E-state index in [-0.39, 0.29) is 11.6 Å². The van der Waals surface area contributed by atoms with E-state index in [0.29, 0.717) is 37.0 Å². The summed E-state index contributed by atoms with van der Waals surface area (Å²) in [4.78, 5) is 34.7. The van der Waals surface area contributed by atoms with Gasteiger partial charge in [-0.1, -0.05) is 25.5 Å². The van der Waals surface area contributed by atoms with Gasteiger partial charge in [-0.2, -0.15) is 0 Å². The molecule has 4 heterocycles. The molecule has 1 N–H and O–H groups in total. The number of ether oxygens (including phenoxy) is 1. The number of hydrogen-bond donors (Lipinski definition) is 1. The molecular formula is C30H40N4O4. The first-order chi connectivity index (χ1) is 18.5. The van der Waals surface area contributed by atoms with Crippen LogP contribution in [0.2, 0.25) is 0 Å². The fourth-order valence-electron chi connectivity index (χ4n) is 8.77. The number of para-hydroxylation sites is 2. The number of carbonyl (C=O) groups is 1. The zero-order chi connectivity index (χ0) is 26.0. The van der Waals surface area contributed by atoms with Gasteiger partial charge in [-0.25, -0.2) is 4.98 Å². The summed E-state index contributed by atoms with van der Waals surface area (Å²) in [5.74, 6) is 1.83. The number of morpholine rings is 1. The topological polar surface area (TPSA) is 87.9 Å². The molecule has 3 saturated heterocycles. The van der Waals surface area contributed by atoms with Crippen LogP contribution in [0, 0.1) is 23.7 Å². The SMILES string of the molecule is CC[C@@H]1C[C@@H]2C[C@H](C1)C[C@@H](N1[C@@H]3COC[C@H]1C[C@@H](n1c(=O)c(N4CC(C(=O)O)C4)nc4ccccc41)C3)C2. The van der Waals surface area contributed by atoms with E-state index in [1.165, 1.54) is 38.5 Å². The Bertz CT molecular complexity index is 1240. The van der Waals surface area contributed by atoms with E-state index < -0.39 is 11.9 Å². The standard InChI is InChI=1S/C30H40N4O4/c1-2-18-7-19-9-20(8-18)11-22(10-19)33-24-12-23(13-25(33)17-38-16-24)34-27-6-4-3-5-26(27)31-28(29(34)35)32-14-21(15-32)30(36)37/h3-6,18-25H,2,7-17H2,1H3,(H,36,37)/t18-,19-,20+,22+,23-,24-,25+. The number of aliphatic carboxylic acids is 1. The highest BCUT2D eigenvalue weighted by Gasteiger charge is 2.47. The second kappa shape index (κ2) is 9.63. The summed E-state index contributed by atoms with van der Waals surface area (Å²) in [5, 5.41) is 9.35. The fourth-order valence-corrected chi connectivity index (χ4v) is 8.77. The van der Waals surface area contributed by atoms with Gasteiger partial charge in [0.15, 0.2) is 5.82 Å². The average molecular weight is 521 g/mol. The number of carboxylic acid groups (broad SMARTS) is 1. The van der Waals surface area contributed by atoms with E-state index in [9.17, 15) is 14.7 Å². The Morgan fingerprint density at radius 1 is 0.947 bits per heavy atom. The molecule has 8 heteroatoms. The van der Waals surface area contributed by atoms with Gasteiger partial charge in [0.1, 0.15) is 0 Å². The molecule has 0 unspecified atom stereocenters. The number of anilines is 1. The van der Waals surface area contributed by atoms with Crippen LogP contribution in [-0.4, -0.2) is 70.0 Å². The highest BCUT2D eigenvalue weighted by atomic mass is 16.5. The Hall–Kier alpha value is -2.45. The third-order valence-corrected chi connectivity index (χ3v) is 10.4. The van der Waals surface area contributed by atoms with Gasteiger partial charge in [-0.3, -0.25) is 14.5 Å². The van der Waals surface area contributed by atoms with Gasteiger partial charge in [0, 0.05) is 37.3 Å². The van der Waals surface area contributed by atoms with Crippen molar-refractivity contribution in [2.24, 2.45) is 23.7 Å². The maximum Gasteiger partial charge on any atom is 0.310 e. The Labute approximate surface area is 224 Å². The molecule has 2 saturated carbocycles. The van der Waals surface area contributed by atoms with E-state index in [1.807, 2.05) is 33.7 Å². The van der Waals surface area contributed by atoms with Crippen molar-refractivity contribution in [2.45, 2.75) is 82.5 Å². The van der Waals surface area contributed by atoms with Crippen LogP contribution in [0.3, 0.4) is 0 Å². The second-order valence-corrected chi connectivity index (χ2v) is 12.8. The predicted octanol–water partition coefficient (Wildman–Crippen LogP) is 3.93. The van der Waals surface area contributed by atoms with E-state index >= 15 is 0 Å². The summed E-state index contributed by atoms with van der Waals surface area (Å²) in [6, 6.07) is 9.31. The highest BCUT2D eigenvalue weighted by molar-refractivity contribution is 5.78. The van der Waals surface area contributed by atoms with E-state index in [1.54, 1.807) is 0 Å². The normalized spacial score (nSPS) is 35.7. The third kappa shape index (κ3) is 4.15. The number of rotatable bonds is 5. The zero-order valence-electron chi connectivity index (χ0n) is 22.4. The molecule has 3 aliphatic heterocycles. The molecule has 8 nitrogen and oxygen atoms in total. The van der Waals surface area contributed by atoms with Gasteiger partial charge in [-0.15, -0.1) is 0 Å². The van der Waals surface area contributed by atoms with Crippen molar-refractivity contribution >= 4 is 22.8 Å². The van der Waals surface area contributed by atoms with Crippen molar-refractivity contribution in [3.63, 3.8) is 0 Å². The molecule has 0 spiro atoms. The Kier molecular flexibility index (Phi) is 6.23. The first-order valence-electron chi connectivity index (χ1n) is 14.8. The summed E-state index contributed by atoms with van der Waals surface area (Å²) >= 11 is 0. The molecule has 0 radical (unpaired) electrons. The maximum absolute atomic E-state index is 14.0. The Balaban J connectivity index is 1.17. The first-order valence-corrected chi connectivity index (χ1v) is 14.8. The van der Waals surface area contributed by atoms with Crippen LogP contribution in [0.1, 0.15) is 64.3 Å². The van der Waals surface area contributed by atoms with Crippen LogP contribution in [0.4, 0.5) is 5.82 Å². The third-order valence-electron chi connectivity index (χ3n) is 10.4. The minimum absolute atomic E-state index is 0.0808. The summed E-state index contributed by atoms with van der Waals surface area (Å²) in [5.41, 5.74) is 1.60. The van der Waals surface area contributed by atoms with Crippen molar-refractivity contribution in [1.29, 1.82) is 0 Å². The molecule has 1 aromatic carbocycles. The van der Waals surface area contributed by atoms with Crippen LogP contribution in [-0.2, 0) is 9.53 Å². The number of aromatic nitrogens is 2. The summed E-state index contributed by atoms with van der Waals surface area (Å²) in [6.07, 6.45) is 10.0. The predicted molar refractivity (Wildman–Crippen MR) is 145 cm³/mol. The van der Waals surface area contributed by atoms with E-state index in [4.69, 9.17) is 9.72 Å². The van der Waals surface area contributed by atoms with Gasteiger partial charge in [-0.05, 0) is 74.8 Å². The van der Waals surface area contributed by atoms with Gasteiger partial charge < -0.3 is 19.3 Å². The molecule has 204 valence electrons. The minimum Gasteiger partial charge on any atom is -0.481 e. The van der Waals surface area contributed by atoms with Crippen molar-refractivity contribution in [1.82, 2.24) is 14.5 Å². The maximum atomic E-state index is 14.0. The lowest BCUT2D eigenvalue weighted by atomic mass is 9.65. The smallest absolute Gasteiger partial charge is 0.310 e. The number of piperidine rings is 1. The van der Waals surface area contributed by atoms with Crippen molar-refractivity contribution in [3.05, 3.63) is 34.6 Å². The molecule has 2 aromatic rings. The second-order valence-electron chi connectivity index (χ2n) is 12.8. The molecule has 38 heavy (non-hydrogen) atoms. The molecular weight excluding hydrogens is 480 g/mol. The molecule has 7 atom stereocenters. The number of fused-ring (bicyclic) bond motifs is 5.